The van der Waals surface area contributed by atoms with Gasteiger partial charge in [0.1, 0.15) is 6.29 Å². The van der Waals surface area contributed by atoms with Gasteiger partial charge >= 0.3 is 0 Å². The largest absolute Gasteiger partial charge is 0.319 e. The van der Waals surface area contributed by atoms with E-state index in [1.807, 2.05) is 6.92 Å². The molecule has 2 nitrogen and oxygen atoms in total. The lowest BCUT2D eigenvalue weighted by atomic mass is 10.3. The lowest BCUT2D eigenvalue weighted by molar-refractivity contribution is -0.108. The summed E-state index contributed by atoms with van der Waals surface area (Å²) in [6, 6.07) is -0.412. The maximum Gasteiger partial charge on any atom is 0.140 e. The van der Waals surface area contributed by atoms with E-state index in [0.717, 1.165) is 0 Å². The molecule has 0 bridgehead atoms. The molecular weight excluding hydrogens is 90.1 g/mol. The van der Waals surface area contributed by atoms with Crippen LogP contribution in [0, 0.1) is 0 Å². The topological polar surface area (TPSA) is 43.1 Å². The second kappa shape index (κ2) is 3.56. The summed E-state index contributed by atoms with van der Waals surface area (Å²) in [5.74, 6) is 0. The molecule has 1 atom stereocenters. The van der Waals surface area contributed by atoms with Crippen LogP contribution in [0.4, 0.5) is 0 Å². The van der Waals surface area contributed by atoms with E-state index in [1.54, 1.807) is 12.2 Å². The zero-order valence-corrected chi connectivity index (χ0v) is 4.29. The van der Waals surface area contributed by atoms with Crippen LogP contribution >= 0.6 is 0 Å². The van der Waals surface area contributed by atoms with Crippen molar-refractivity contribution in [1.82, 2.24) is 0 Å². The van der Waals surface area contributed by atoms with Crippen LogP contribution in [0.3, 0.4) is 0 Å². The Balaban J connectivity index is 3.35. The molecule has 40 valence electrons. The van der Waals surface area contributed by atoms with E-state index in [-0.39, 0.29) is 0 Å². The third-order valence-corrected chi connectivity index (χ3v) is 0.572. The summed E-state index contributed by atoms with van der Waals surface area (Å²) in [6.07, 6.45) is 4.08. The Bertz CT molecular complexity index is 78.1. The van der Waals surface area contributed by atoms with E-state index in [2.05, 4.69) is 0 Å². The molecule has 0 saturated heterocycles. The van der Waals surface area contributed by atoms with Gasteiger partial charge in [0.15, 0.2) is 0 Å². The maximum atomic E-state index is 9.72. The van der Waals surface area contributed by atoms with Crippen molar-refractivity contribution in [3.8, 4) is 0 Å². The summed E-state index contributed by atoms with van der Waals surface area (Å²) in [4.78, 5) is 9.72. The fourth-order valence-corrected chi connectivity index (χ4v) is 0.268. The van der Waals surface area contributed by atoms with Gasteiger partial charge in [-0.25, -0.2) is 0 Å². The molecule has 0 aromatic rings. The highest BCUT2D eigenvalue weighted by atomic mass is 16.1. The predicted molar refractivity (Wildman–Crippen MR) is 28.9 cm³/mol. The van der Waals surface area contributed by atoms with Gasteiger partial charge in [-0.15, -0.1) is 0 Å². The number of aldehydes is 1. The van der Waals surface area contributed by atoms with Crippen molar-refractivity contribution < 1.29 is 4.79 Å². The van der Waals surface area contributed by atoms with E-state index >= 15 is 0 Å². The standard InChI is InChI=1S/C5H9NO/c1-2-3-5(6)4-7/h2-5H,6H2,1H3. The van der Waals surface area contributed by atoms with Crippen LogP contribution in [0.2, 0.25) is 0 Å². The molecule has 0 rings (SSSR count). The van der Waals surface area contributed by atoms with Gasteiger partial charge in [0.2, 0.25) is 0 Å². The van der Waals surface area contributed by atoms with E-state index in [0.29, 0.717) is 6.29 Å². The monoisotopic (exact) mass is 99.1 g/mol. The van der Waals surface area contributed by atoms with Gasteiger partial charge in [0, 0.05) is 0 Å². The fourth-order valence-electron chi connectivity index (χ4n) is 0.268. The normalized spacial score (nSPS) is 14.6. The van der Waals surface area contributed by atoms with Crippen LogP contribution in [0.5, 0.6) is 0 Å². The highest BCUT2D eigenvalue weighted by molar-refractivity contribution is 5.60. The van der Waals surface area contributed by atoms with Gasteiger partial charge in [-0.05, 0) is 6.92 Å². The second-order valence-corrected chi connectivity index (χ2v) is 1.24. The van der Waals surface area contributed by atoms with Crippen molar-refractivity contribution in [2.45, 2.75) is 13.0 Å². The Kier molecular flexibility index (Phi) is 3.24. The van der Waals surface area contributed by atoms with E-state index < -0.39 is 6.04 Å². The molecule has 2 N–H and O–H groups in total. The van der Waals surface area contributed by atoms with Crippen LogP contribution in [-0.4, -0.2) is 12.3 Å². The molecular formula is C5H9NO. The minimum atomic E-state index is -0.412. The highest BCUT2D eigenvalue weighted by Gasteiger charge is 1.86. The lowest BCUT2D eigenvalue weighted by Gasteiger charge is -1.87. The summed E-state index contributed by atoms with van der Waals surface area (Å²) >= 11 is 0. The number of hydrogen-bond donors (Lipinski definition) is 1. The fraction of sp³-hybridized carbons (Fsp3) is 0.400. The molecule has 0 saturated carbocycles. The van der Waals surface area contributed by atoms with Crippen molar-refractivity contribution in [3.05, 3.63) is 12.2 Å². The molecule has 0 heterocycles. The van der Waals surface area contributed by atoms with Gasteiger partial charge < -0.3 is 10.5 Å². The Morgan fingerprint density at radius 3 is 2.43 bits per heavy atom. The zero-order chi connectivity index (χ0) is 5.70. The zero-order valence-electron chi connectivity index (χ0n) is 4.29. The molecule has 0 aliphatic rings. The van der Waals surface area contributed by atoms with Gasteiger partial charge in [-0.1, -0.05) is 12.2 Å². The molecule has 0 aliphatic carbocycles. The first-order valence-electron chi connectivity index (χ1n) is 2.15. The quantitative estimate of drug-likeness (QED) is 0.394. The summed E-state index contributed by atoms with van der Waals surface area (Å²) in [5.41, 5.74) is 5.13. The molecule has 0 aromatic carbocycles. The van der Waals surface area contributed by atoms with Crippen LogP contribution in [0.25, 0.3) is 0 Å². The summed E-state index contributed by atoms with van der Waals surface area (Å²) < 4.78 is 0. The second-order valence-electron chi connectivity index (χ2n) is 1.24. The molecule has 0 amide bonds. The summed E-state index contributed by atoms with van der Waals surface area (Å²) in [5, 5.41) is 0. The third-order valence-electron chi connectivity index (χ3n) is 0.572. The van der Waals surface area contributed by atoms with Crippen LogP contribution in [-0.2, 0) is 4.79 Å². The molecule has 2 heteroatoms. The van der Waals surface area contributed by atoms with Crippen molar-refractivity contribution in [2.75, 3.05) is 0 Å². The lowest BCUT2D eigenvalue weighted by Crippen LogP contribution is -2.17. The number of hydrogen-bond acceptors (Lipinski definition) is 2. The van der Waals surface area contributed by atoms with Gasteiger partial charge in [0.05, 0.1) is 6.04 Å². The molecule has 0 fully saturated rings. The van der Waals surface area contributed by atoms with Gasteiger partial charge in [0.25, 0.3) is 0 Å². The molecule has 0 radical (unpaired) electrons. The molecule has 0 spiro atoms. The number of allylic oxidation sites excluding steroid dienone is 1. The van der Waals surface area contributed by atoms with Crippen LogP contribution in [0.1, 0.15) is 6.92 Å². The third kappa shape index (κ3) is 3.19. The van der Waals surface area contributed by atoms with E-state index in [4.69, 9.17) is 5.73 Å². The Morgan fingerprint density at radius 2 is 2.29 bits per heavy atom. The highest BCUT2D eigenvalue weighted by Crippen LogP contribution is 1.72. The SMILES string of the molecule is CC=CC(N)C=O. The van der Waals surface area contributed by atoms with Crippen LogP contribution in [0.15, 0.2) is 12.2 Å². The smallest absolute Gasteiger partial charge is 0.140 e. The van der Waals surface area contributed by atoms with Gasteiger partial charge in [-0.2, -0.15) is 0 Å². The maximum absolute atomic E-state index is 9.72. The first-order valence-corrected chi connectivity index (χ1v) is 2.15. The number of nitrogens with two attached hydrogens (primary N) is 1. The average molecular weight is 99.1 g/mol. The van der Waals surface area contributed by atoms with E-state index in [1.165, 1.54) is 0 Å². The van der Waals surface area contributed by atoms with E-state index in [9.17, 15) is 4.79 Å². The summed E-state index contributed by atoms with van der Waals surface area (Å²) in [6.45, 7) is 1.82. The van der Waals surface area contributed by atoms with Crippen molar-refractivity contribution >= 4 is 6.29 Å². The van der Waals surface area contributed by atoms with Crippen molar-refractivity contribution in [3.63, 3.8) is 0 Å². The van der Waals surface area contributed by atoms with Gasteiger partial charge in [-0.3, -0.25) is 0 Å². The molecule has 1 unspecified atom stereocenters. The number of carbonyl (C=O) groups excluding carboxylic acids is 1. The molecule has 0 aliphatic heterocycles. The Morgan fingerprint density at radius 1 is 1.71 bits per heavy atom. The molecule has 7 heavy (non-hydrogen) atoms. The first kappa shape index (κ1) is 6.37. The average Bonchev–Trinajstić information content (AvgIpc) is 1.68. The minimum absolute atomic E-state index is 0.412. The number of rotatable bonds is 2. The summed E-state index contributed by atoms with van der Waals surface area (Å²) in [7, 11) is 0. The van der Waals surface area contributed by atoms with Crippen molar-refractivity contribution in [1.29, 1.82) is 0 Å². The van der Waals surface area contributed by atoms with Crippen molar-refractivity contribution in [2.24, 2.45) is 5.73 Å². The van der Waals surface area contributed by atoms with Crippen LogP contribution < -0.4 is 5.73 Å². The first-order chi connectivity index (χ1) is 3.31. The predicted octanol–water partition coefficient (Wildman–Crippen LogP) is 0.0887. The number of carbonyl (C=O) groups is 1. The Labute approximate surface area is 43.0 Å². The minimum Gasteiger partial charge on any atom is -0.319 e. The Hall–Kier alpha value is -0.630. The molecule has 0 aromatic heterocycles.